The molecule has 4 nitrogen and oxygen atoms in total. The summed E-state index contributed by atoms with van der Waals surface area (Å²) in [6, 6.07) is 11.8. The topological polar surface area (TPSA) is 57.6 Å². The van der Waals surface area contributed by atoms with Crippen molar-refractivity contribution in [2.24, 2.45) is 0 Å². The van der Waals surface area contributed by atoms with Gasteiger partial charge in [0.2, 0.25) is 0 Å². The zero-order valence-electron chi connectivity index (χ0n) is 14.8. The molecular formula is C21H18BrNO3S. The molecule has 4 rings (SSSR count). The van der Waals surface area contributed by atoms with Crippen molar-refractivity contribution in [3.63, 3.8) is 0 Å². The molecule has 0 fully saturated rings. The summed E-state index contributed by atoms with van der Waals surface area (Å²) in [5.74, 6) is 0.0790. The zero-order chi connectivity index (χ0) is 19.3. The van der Waals surface area contributed by atoms with E-state index in [0.29, 0.717) is 11.3 Å². The smallest absolute Gasteiger partial charge is 0.264 e. The number of phenols is 1. The van der Waals surface area contributed by atoms with Crippen LogP contribution in [-0.2, 0) is 10.0 Å². The van der Waals surface area contributed by atoms with Gasteiger partial charge in [0.1, 0.15) is 5.75 Å². The van der Waals surface area contributed by atoms with Crippen molar-refractivity contribution in [3.05, 3.63) is 81.2 Å². The van der Waals surface area contributed by atoms with Gasteiger partial charge >= 0.3 is 0 Å². The lowest BCUT2D eigenvalue weighted by molar-refractivity contribution is 0.469. The lowest BCUT2D eigenvalue weighted by Crippen LogP contribution is -2.49. The van der Waals surface area contributed by atoms with Crippen molar-refractivity contribution < 1.29 is 13.5 Å². The first-order chi connectivity index (χ1) is 12.8. The fourth-order valence-electron chi connectivity index (χ4n) is 3.62. The Kier molecular flexibility index (Phi) is 4.28. The minimum absolute atomic E-state index is 0.0790. The predicted molar refractivity (Wildman–Crippen MR) is 110 cm³/mol. The van der Waals surface area contributed by atoms with Crippen LogP contribution in [0, 0.1) is 6.92 Å². The van der Waals surface area contributed by atoms with Crippen LogP contribution >= 0.6 is 15.9 Å². The van der Waals surface area contributed by atoms with Gasteiger partial charge in [0.25, 0.3) is 10.0 Å². The standard InChI is InChI=1S/C21H18BrNO3S/c1-13-11-16(8-10-21(13)24)27(25,26)23-14(2)17-5-3-4-6-18(17)19-12-15(22)7-9-20(19)23/h3-12,20,24H,1-2H3. The normalized spacial score (nSPS) is 18.9. The molecule has 0 saturated carbocycles. The van der Waals surface area contributed by atoms with Gasteiger partial charge in [-0.25, -0.2) is 8.42 Å². The molecule has 1 aliphatic heterocycles. The number of halogens is 1. The van der Waals surface area contributed by atoms with E-state index in [1.807, 2.05) is 49.4 Å². The van der Waals surface area contributed by atoms with E-state index >= 15 is 0 Å². The number of phenolic OH excluding ortho intramolecular Hbond substituents is 1. The van der Waals surface area contributed by atoms with Crippen LogP contribution in [0.2, 0.25) is 0 Å². The Bertz CT molecular complexity index is 1240. The highest BCUT2D eigenvalue weighted by Gasteiger charge is 2.36. The number of hydrogen-bond donors (Lipinski definition) is 1. The van der Waals surface area contributed by atoms with Crippen LogP contribution in [0.15, 0.2) is 70.1 Å². The van der Waals surface area contributed by atoms with E-state index in [4.69, 9.17) is 0 Å². The highest BCUT2D eigenvalue weighted by atomic mass is 79.9. The number of nitrogens with zero attached hydrogens (tertiary/aromatic N) is 1. The van der Waals surface area contributed by atoms with Crippen molar-refractivity contribution in [2.45, 2.75) is 24.8 Å². The van der Waals surface area contributed by atoms with E-state index in [2.05, 4.69) is 15.9 Å². The number of sulfonamides is 1. The summed E-state index contributed by atoms with van der Waals surface area (Å²) in [6.07, 6.45) is 5.74. The van der Waals surface area contributed by atoms with Crippen LogP contribution in [0.5, 0.6) is 5.75 Å². The lowest BCUT2D eigenvalue weighted by atomic mass is 9.94. The number of rotatable bonds is 2. The summed E-state index contributed by atoms with van der Waals surface area (Å²) >= 11 is 3.50. The number of benzene rings is 2. The van der Waals surface area contributed by atoms with Gasteiger partial charge in [-0.3, -0.25) is 4.31 Å². The number of aryl methyl sites for hydroxylation is 1. The molecule has 1 atom stereocenters. The Morgan fingerprint density at radius 2 is 1.78 bits per heavy atom. The van der Waals surface area contributed by atoms with Gasteiger partial charge in [0, 0.05) is 15.4 Å². The number of fused-ring (bicyclic) bond motifs is 2. The maximum Gasteiger partial charge on any atom is 0.264 e. The van der Waals surface area contributed by atoms with Crippen molar-refractivity contribution in [2.75, 3.05) is 0 Å². The molecule has 0 amide bonds. The SMILES string of the molecule is CC1=c2ccccc2=C2C=C(Br)C=CC2N1S(=O)(=O)c1ccc(O)c(C)c1. The molecule has 1 N–H and O–H groups in total. The highest BCUT2D eigenvalue weighted by Crippen LogP contribution is 2.34. The molecule has 0 saturated heterocycles. The van der Waals surface area contributed by atoms with Gasteiger partial charge in [0.15, 0.2) is 0 Å². The molecule has 1 aliphatic carbocycles. The number of allylic oxidation sites excluding steroid dienone is 2. The van der Waals surface area contributed by atoms with E-state index in [1.165, 1.54) is 22.5 Å². The fourth-order valence-corrected chi connectivity index (χ4v) is 5.75. The number of hydrogen-bond acceptors (Lipinski definition) is 3. The monoisotopic (exact) mass is 443 g/mol. The summed E-state index contributed by atoms with van der Waals surface area (Å²) in [7, 11) is -3.81. The highest BCUT2D eigenvalue weighted by molar-refractivity contribution is 9.11. The molecule has 0 aromatic heterocycles. The second-order valence-corrected chi connectivity index (χ2v) is 9.40. The maximum atomic E-state index is 13.6. The van der Waals surface area contributed by atoms with Gasteiger partial charge in [0.05, 0.1) is 10.9 Å². The zero-order valence-corrected chi connectivity index (χ0v) is 17.3. The maximum absolute atomic E-state index is 13.6. The third-order valence-corrected chi connectivity index (χ3v) is 7.35. The third-order valence-electron chi connectivity index (χ3n) is 4.99. The van der Waals surface area contributed by atoms with Crippen LogP contribution in [-0.4, -0.2) is 23.9 Å². The Morgan fingerprint density at radius 1 is 1.07 bits per heavy atom. The Hall–Kier alpha value is -2.31. The first-order valence-corrected chi connectivity index (χ1v) is 10.7. The van der Waals surface area contributed by atoms with Gasteiger partial charge in [-0.15, -0.1) is 0 Å². The average Bonchev–Trinajstić information content (AvgIpc) is 2.64. The largest absolute Gasteiger partial charge is 0.508 e. The van der Waals surface area contributed by atoms with E-state index in [9.17, 15) is 13.5 Å². The van der Waals surface area contributed by atoms with Gasteiger partial charge < -0.3 is 5.11 Å². The second-order valence-electron chi connectivity index (χ2n) is 6.67. The van der Waals surface area contributed by atoms with E-state index in [0.717, 1.165) is 20.5 Å². The van der Waals surface area contributed by atoms with Crippen LogP contribution in [0.4, 0.5) is 0 Å². The minimum atomic E-state index is -3.81. The van der Waals surface area contributed by atoms with E-state index < -0.39 is 16.1 Å². The molecule has 138 valence electrons. The summed E-state index contributed by atoms with van der Waals surface area (Å²) in [6.45, 7) is 3.52. The summed E-state index contributed by atoms with van der Waals surface area (Å²) in [5.41, 5.74) is 2.14. The second kappa shape index (κ2) is 6.39. The molecule has 27 heavy (non-hydrogen) atoms. The summed E-state index contributed by atoms with van der Waals surface area (Å²) in [4.78, 5) is 0.165. The molecule has 0 bridgehead atoms. The molecule has 1 heterocycles. The van der Waals surface area contributed by atoms with Gasteiger partial charge in [-0.05, 0) is 60.6 Å². The van der Waals surface area contributed by atoms with Crippen molar-refractivity contribution in [1.82, 2.24) is 4.31 Å². The molecule has 2 aromatic carbocycles. The Balaban J connectivity index is 2.01. The van der Waals surface area contributed by atoms with Crippen LogP contribution < -0.4 is 10.4 Å². The molecule has 1 unspecified atom stereocenters. The molecule has 2 aliphatic rings. The van der Waals surface area contributed by atoms with Crippen molar-refractivity contribution in [3.8, 4) is 5.75 Å². The Labute approximate surface area is 166 Å². The summed E-state index contributed by atoms with van der Waals surface area (Å²) in [5, 5.41) is 11.7. The van der Waals surface area contributed by atoms with Gasteiger partial charge in [-0.1, -0.05) is 46.3 Å². The van der Waals surface area contributed by atoms with Crippen LogP contribution in [0.1, 0.15) is 12.5 Å². The summed E-state index contributed by atoms with van der Waals surface area (Å²) < 4.78 is 29.5. The van der Waals surface area contributed by atoms with Gasteiger partial charge in [-0.2, -0.15) is 0 Å². The first-order valence-electron chi connectivity index (χ1n) is 8.50. The first kappa shape index (κ1) is 18.1. The number of aromatic hydroxyl groups is 1. The molecular weight excluding hydrogens is 426 g/mol. The average molecular weight is 444 g/mol. The third kappa shape index (κ3) is 2.84. The quantitative estimate of drug-likeness (QED) is 0.775. The molecule has 6 heteroatoms. The lowest BCUT2D eigenvalue weighted by Gasteiger charge is -2.36. The Morgan fingerprint density at radius 3 is 2.48 bits per heavy atom. The van der Waals surface area contributed by atoms with Crippen molar-refractivity contribution in [1.29, 1.82) is 0 Å². The predicted octanol–water partition coefficient (Wildman–Crippen LogP) is 2.90. The van der Waals surface area contributed by atoms with Crippen LogP contribution in [0.3, 0.4) is 0 Å². The van der Waals surface area contributed by atoms with Crippen LogP contribution in [0.25, 0.3) is 11.3 Å². The van der Waals surface area contributed by atoms with Crippen molar-refractivity contribution >= 4 is 37.2 Å². The van der Waals surface area contributed by atoms with E-state index in [-0.39, 0.29) is 10.6 Å². The minimum Gasteiger partial charge on any atom is -0.508 e. The molecule has 0 spiro atoms. The molecule has 0 radical (unpaired) electrons. The van der Waals surface area contributed by atoms with E-state index in [1.54, 1.807) is 6.92 Å². The fraction of sp³-hybridized carbons (Fsp3) is 0.143. The molecule has 2 aromatic rings.